The molecule has 0 bridgehead atoms. The minimum atomic E-state index is -0.539. The lowest BCUT2D eigenvalue weighted by Gasteiger charge is -2.04. The van der Waals surface area contributed by atoms with E-state index in [-0.39, 0.29) is 0 Å². The van der Waals surface area contributed by atoms with Gasteiger partial charge >= 0.3 is 0 Å². The SMILES string of the molecule is C[C@H](O)c1ccc(Sc2ccc(Cl)cn2)cn1. The van der Waals surface area contributed by atoms with Crippen molar-refractivity contribution >= 4 is 23.4 Å². The summed E-state index contributed by atoms with van der Waals surface area (Å²) in [7, 11) is 0. The van der Waals surface area contributed by atoms with Gasteiger partial charge in [0.05, 0.1) is 16.8 Å². The average molecular weight is 267 g/mol. The Balaban J connectivity index is 2.11. The molecule has 2 aromatic heterocycles. The zero-order valence-corrected chi connectivity index (χ0v) is 10.7. The summed E-state index contributed by atoms with van der Waals surface area (Å²) in [5, 5.41) is 10.8. The Bertz CT molecular complexity index is 485. The maximum Gasteiger partial charge on any atom is 0.101 e. The van der Waals surface area contributed by atoms with E-state index in [1.807, 2.05) is 18.2 Å². The number of aliphatic hydroxyl groups is 1. The fraction of sp³-hybridized carbons (Fsp3) is 0.167. The first kappa shape index (κ1) is 12.4. The summed E-state index contributed by atoms with van der Waals surface area (Å²) < 4.78 is 0. The number of aromatic nitrogens is 2. The van der Waals surface area contributed by atoms with Crippen LogP contribution >= 0.6 is 23.4 Å². The molecule has 0 unspecified atom stereocenters. The number of aliphatic hydroxyl groups excluding tert-OH is 1. The van der Waals surface area contributed by atoms with Gasteiger partial charge in [-0.1, -0.05) is 23.4 Å². The highest BCUT2D eigenvalue weighted by atomic mass is 35.5. The van der Waals surface area contributed by atoms with Crippen molar-refractivity contribution in [3.05, 3.63) is 47.4 Å². The van der Waals surface area contributed by atoms with Crippen molar-refractivity contribution in [3.63, 3.8) is 0 Å². The Morgan fingerprint density at radius 3 is 2.53 bits per heavy atom. The van der Waals surface area contributed by atoms with Crippen LogP contribution in [0.25, 0.3) is 0 Å². The number of rotatable bonds is 3. The zero-order valence-electron chi connectivity index (χ0n) is 9.17. The maximum atomic E-state index is 9.34. The highest BCUT2D eigenvalue weighted by Crippen LogP contribution is 2.26. The van der Waals surface area contributed by atoms with Gasteiger partial charge in [0.2, 0.25) is 0 Å². The highest BCUT2D eigenvalue weighted by molar-refractivity contribution is 7.99. The van der Waals surface area contributed by atoms with Crippen LogP contribution in [-0.2, 0) is 0 Å². The third-order valence-electron chi connectivity index (χ3n) is 2.11. The standard InChI is InChI=1S/C12H11ClN2OS/c1-8(16)11-4-3-10(7-14-11)17-12-5-2-9(13)6-15-12/h2-8,16H,1H3/t8-/m0/s1. The van der Waals surface area contributed by atoms with Gasteiger partial charge in [0.15, 0.2) is 0 Å². The maximum absolute atomic E-state index is 9.34. The molecule has 0 aliphatic rings. The van der Waals surface area contributed by atoms with E-state index >= 15 is 0 Å². The lowest BCUT2D eigenvalue weighted by molar-refractivity contribution is 0.194. The van der Waals surface area contributed by atoms with Crippen LogP contribution in [0.1, 0.15) is 18.7 Å². The quantitative estimate of drug-likeness (QED) is 0.926. The molecule has 0 fully saturated rings. The molecule has 0 radical (unpaired) electrons. The first-order chi connectivity index (χ1) is 8.15. The molecule has 1 atom stereocenters. The molecule has 17 heavy (non-hydrogen) atoms. The third-order valence-corrected chi connectivity index (χ3v) is 3.26. The van der Waals surface area contributed by atoms with Gasteiger partial charge in [-0.2, -0.15) is 0 Å². The lowest BCUT2D eigenvalue weighted by atomic mass is 10.2. The molecule has 2 aromatic rings. The van der Waals surface area contributed by atoms with Crippen molar-refractivity contribution in [1.82, 2.24) is 9.97 Å². The fourth-order valence-corrected chi connectivity index (χ4v) is 2.08. The van der Waals surface area contributed by atoms with E-state index in [2.05, 4.69) is 9.97 Å². The van der Waals surface area contributed by atoms with Crippen molar-refractivity contribution in [3.8, 4) is 0 Å². The molecular weight excluding hydrogens is 256 g/mol. The van der Waals surface area contributed by atoms with Gasteiger partial charge in [0, 0.05) is 17.3 Å². The largest absolute Gasteiger partial charge is 0.387 e. The number of hydrogen-bond acceptors (Lipinski definition) is 4. The van der Waals surface area contributed by atoms with Crippen LogP contribution in [0.2, 0.25) is 5.02 Å². The first-order valence-corrected chi connectivity index (χ1v) is 6.28. The Morgan fingerprint density at radius 2 is 2.00 bits per heavy atom. The van der Waals surface area contributed by atoms with Crippen molar-refractivity contribution in [2.45, 2.75) is 22.9 Å². The molecule has 1 N–H and O–H groups in total. The topological polar surface area (TPSA) is 46.0 Å². The van der Waals surface area contributed by atoms with Crippen LogP contribution in [-0.4, -0.2) is 15.1 Å². The first-order valence-electron chi connectivity index (χ1n) is 5.08. The Hall–Kier alpha value is -1.10. The summed E-state index contributed by atoms with van der Waals surface area (Å²) in [6.45, 7) is 1.69. The zero-order chi connectivity index (χ0) is 12.3. The Labute approximate surface area is 109 Å². The van der Waals surface area contributed by atoms with E-state index in [4.69, 9.17) is 11.6 Å². The van der Waals surface area contributed by atoms with Crippen molar-refractivity contribution in [2.24, 2.45) is 0 Å². The van der Waals surface area contributed by atoms with Gasteiger partial charge in [-0.25, -0.2) is 4.98 Å². The Kier molecular flexibility index (Phi) is 3.99. The number of hydrogen-bond donors (Lipinski definition) is 1. The van der Waals surface area contributed by atoms with E-state index in [1.165, 1.54) is 11.8 Å². The summed E-state index contributed by atoms with van der Waals surface area (Å²) >= 11 is 7.26. The molecule has 2 heterocycles. The van der Waals surface area contributed by atoms with Crippen LogP contribution < -0.4 is 0 Å². The van der Waals surface area contributed by atoms with Gasteiger partial charge < -0.3 is 5.11 Å². The van der Waals surface area contributed by atoms with E-state index in [1.54, 1.807) is 25.4 Å². The molecule has 0 aliphatic carbocycles. The van der Waals surface area contributed by atoms with E-state index in [0.29, 0.717) is 10.7 Å². The minimum absolute atomic E-state index is 0.539. The highest BCUT2D eigenvalue weighted by Gasteiger charge is 2.03. The summed E-state index contributed by atoms with van der Waals surface area (Å²) in [5.74, 6) is 0. The average Bonchev–Trinajstić information content (AvgIpc) is 2.33. The van der Waals surface area contributed by atoms with Crippen molar-refractivity contribution in [2.75, 3.05) is 0 Å². The van der Waals surface area contributed by atoms with Crippen molar-refractivity contribution in [1.29, 1.82) is 0 Å². The summed E-state index contributed by atoms with van der Waals surface area (Å²) in [6, 6.07) is 7.38. The third kappa shape index (κ3) is 3.43. The van der Waals surface area contributed by atoms with E-state index in [0.717, 1.165) is 9.92 Å². The van der Waals surface area contributed by atoms with Crippen LogP contribution in [0, 0.1) is 0 Å². The predicted octanol–water partition coefficient (Wildman–Crippen LogP) is 3.33. The molecule has 0 saturated heterocycles. The second-order valence-corrected chi connectivity index (χ2v) is 5.04. The summed E-state index contributed by atoms with van der Waals surface area (Å²) in [5.41, 5.74) is 0.665. The smallest absolute Gasteiger partial charge is 0.101 e. The van der Waals surface area contributed by atoms with Gasteiger partial charge in [0.25, 0.3) is 0 Å². The fourth-order valence-electron chi connectivity index (χ4n) is 1.24. The summed E-state index contributed by atoms with van der Waals surface area (Å²) in [6.07, 6.45) is 2.80. The minimum Gasteiger partial charge on any atom is -0.387 e. The van der Waals surface area contributed by atoms with E-state index in [9.17, 15) is 5.11 Å². The normalized spacial score (nSPS) is 12.4. The molecule has 0 aliphatic heterocycles. The lowest BCUT2D eigenvalue weighted by Crippen LogP contribution is -1.94. The monoisotopic (exact) mass is 266 g/mol. The second-order valence-electron chi connectivity index (χ2n) is 3.51. The Morgan fingerprint density at radius 1 is 1.18 bits per heavy atom. The van der Waals surface area contributed by atoms with Crippen LogP contribution in [0.15, 0.2) is 46.6 Å². The summed E-state index contributed by atoms with van der Waals surface area (Å²) in [4.78, 5) is 9.33. The molecule has 0 spiro atoms. The van der Waals surface area contributed by atoms with Crippen LogP contribution in [0.5, 0.6) is 0 Å². The van der Waals surface area contributed by atoms with Crippen molar-refractivity contribution < 1.29 is 5.11 Å². The molecule has 5 heteroatoms. The van der Waals surface area contributed by atoms with E-state index < -0.39 is 6.10 Å². The molecular formula is C12H11ClN2OS. The molecule has 0 amide bonds. The molecule has 3 nitrogen and oxygen atoms in total. The molecule has 88 valence electrons. The van der Waals surface area contributed by atoms with Crippen LogP contribution in [0.3, 0.4) is 0 Å². The number of nitrogens with zero attached hydrogens (tertiary/aromatic N) is 2. The number of halogens is 1. The van der Waals surface area contributed by atoms with Gasteiger partial charge in [-0.3, -0.25) is 4.98 Å². The molecule has 0 aromatic carbocycles. The van der Waals surface area contributed by atoms with Gasteiger partial charge in [0.1, 0.15) is 5.03 Å². The number of pyridine rings is 2. The van der Waals surface area contributed by atoms with Gasteiger partial charge in [-0.05, 0) is 31.2 Å². The van der Waals surface area contributed by atoms with Crippen LogP contribution in [0.4, 0.5) is 0 Å². The predicted molar refractivity (Wildman–Crippen MR) is 68.2 cm³/mol. The molecule has 2 rings (SSSR count). The van der Waals surface area contributed by atoms with Gasteiger partial charge in [-0.15, -0.1) is 0 Å². The second kappa shape index (κ2) is 5.49. The molecule has 0 saturated carbocycles.